The number of benzene rings is 1. The van der Waals surface area contributed by atoms with Gasteiger partial charge in [0.05, 0.1) is 6.54 Å². The summed E-state index contributed by atoms with van der Waals surface area (Å²) in [6, 6.07) is 10.3. The Bertz CT molecular complexity index is 856. The molecule has 3 aromatic rings. The summed E-state index contributed by atoms with van der Waals surface area (Å²) in [6.07, 6.45) is 6.81. The average molecular weight is 381 g/mol. The monoisotopic (exact) mass is 381 g/mol. The van der Waals surface area contributed by atoms with Crippen molar-refractivity contribution in [3.63, 3.8) is 0 Å². The first kappa shape index (κ1) is 18.7. The summed E-state index contributed by atoms with van der Waals surface area (Å²) in [4.78, 5) is 18.4. The van der Waals surface area contributed by atoms with E-state index < -0.39 is 0 Å². The number of nitrogens with zero attached hydrogens (tertiary/aromatic N) is 4. The lowest BCUT2D eigenvalue weighted by atomic mass is 9.98. The predicted octanol–water partition coefficient (Wildman–Crippen LogP) is 2.83. The van der Waals surface area contributed by atoms with Gasteiger partial charge in [0.2, 0.25) is 5.91 Å². The molecule has 1 fully saturated rings. The fraction of sp³-hybridized carbons (Fsp3) is 0.476. The van der Waals surface area contributed by atoms with Gasteiger partial charge in [0.15, 0.2) is 0 Å². The number of piperidine rings is 1. The number of carbonyl (C=O) groups is 1. The zero-order valence-electron chi connectivity index (χ0n) is 16.1. The van der Waals surface area contributed by atoms with Crippen molar-refractivity contribution in [2.24, 2.45) is 5.92 Å². The molecule has 1 aliphatic rings. The van der Waals surface area contributed by atoms with E-state index in [1.165, 1.54) is 6.33 Å². The minimum atomic E-state index is 0.120. The average Bonchev–Trinajstić information content (AvgIpc) is 3.36. The van der Waals surface area contributed by atoms with Crippen molar-refractivity contribution in [1.29, 1.82) is 0 Å². The van der Waals surface area contributed by atoms with Crippen LogP contribution in [0.25, 0.3) is 11.0 Å². The van der Waals surface area contributed by atoms with Crippen LogP contribution in [-0.4, -0.2) is 45.2 Å². The molecule has 0 saturated carbocycles. The lowest BCUT2D eigenvalue weighted by molar-refractivity contribution is -0.121. The predicted molar refractivity (Wildman–Crippen MR) is 106 cm³/mol. The third kappa shape index (κ3) is 4.98. The first-order valence-electron chi connectivity index (χ1n) is 10.1. The van der Waals surface area contributed by atoms with E-state index in [0.717, 1.165) is 68.7 Å². The van der Waals surface area contributed by atoms with Gasteiger partial charge in [0.25, 0.3) is 0 Å². The van der Waals surface area contributed by atoms with Crippen molar-refractivity contribution in [1.82, 2.24) is 25.0 Å². The fourth-order valence-corrected chi connectivity index (χ4v) is 3.89. The standard InChI is InChI=1S/C21H27N5O2/c27-21(8-4-10-26-16-22-15-24-26)23-12-17-5-3-9-25(13-17)14-19-11-18-6-1-2-7-20(18)28-19/h1-2,6-7,11,15-17H,3-5,8-10,12-14H2,(H,23,27). The molecule has 148 valence electrons. The number of carbonyl (C=O) groups excluding carboxylic acids is 1. The summed E-state index contributed by atoms with van der Waals surface area (Å²) in [6.45, 7) is 4.38. The Balaban J connectivity index is 1.19. The number of hydrogen-bond donors (Lipinski definition) is 1. The van der Waals surface area contributed by atoms with Gasteiger partial charge in [-0.25, -0.2) is 4.98 Å². The first-order chi connectivity index (χ1) is 13.8. The smallest absolute Gasteiger partial charge is 0.220 e. The molecule has 2 aromatic heterocycles. The zero-order valence-corrected chi connectivity index (χ0v) is 16.1. The Labute approximate surface area is 164 Å². The van der Waals surface area contributed by atoms with Gasteiger partial charge < -0.3 is 9.73 Å². The van der Waals surface area contributed by atoms with Gasteiger partial charge in [-0.1, -0.05) is 18.2 Å². The normalized spacial score (nSPS) is 17.8. The van der Waals surface area contributed by atoms with Crippen molar-refractivity contribution in [2.45, 2.75) is 38.8 Å². The van der Waals surface area contributed by atoms with E-state index in [1.54, 1.807) is 11.0 Å². The number of para-hydroxylation sites is 1. The fourth-order valence-electron chi connectivity index (χ4n) is 3.89. The summed E-state index contributed by atoms with van der Waals surface area (Å²) < 4.78 is 7.71. The van der Waals surface area contributed by atoms with Crippen molar-refractivity contribution < 1.29 is 9.21 Å². The van der Waals surface area contributed by atoms with Crippen LogP contribution in [0.15, 0.2) is 47.4 Å². The molecule has 1 aromatic carbocycles. The number of furan rings is 1. The van der Waals surface area contributed by atoms with E-state index in [1.807, 2.05) is 18.2 Å². The molecular formula is C21H27N5O2. The van der Waals surface area contributed by atoms with Crippen LogP contribution < -0.4 is 5.32 Å². The molecule has 0 spiro atoms. The van der Waals surface area contributed by atoms with E-state index in [4.69, 9.17) is 4.42 Å². The zero-order chi connectivity index (χ0) is 19.2. The Hall–Kier alpha value is -2.67. The van der Waals surface area contributed by atoms with Crippen molar-refractivity contribution in [3.8, 4) is 0 Å². The number of aromatic nitrogens is 3. The maximum atomic E-state index is 12.1. The van der Waals surface area contributed by atoms with E-state index in [9.17, 15) is 4.79 Å². The summed E-state index contributed by atoms with van der Waals surface area (Å²) in [5, 5.41) is 8.31. The summed E-state index contributed by atoms with van der Waals surface area (Å²) in [5.41, 5.74) is 0.948. The highest BCUT2D eigenvalue weighted by molar-refractivity contribution is 5.77. The van der Waals surface area contributed by atoms with Crippen LogP contribution >= 0.6 is 0 Å². The van der Waals surface area contributed by atoms with E-state index >= 15 is 0 Å². The molecule has 0 radical (unpaired) electrons. The number of fused-ring (bicyclic) bond motifs is 1. The second-order valence-electron chi connectivity index (χ2n) is 7.56. The Morgan fingerprint density at radius 3 is 3.11 bits per heavy atom. The molecule has 4 rings (SSSR count). The number of likely N-dealkylation sites (tertiary alicyclic amines) is 1. The Morgan fingerprint density at radius 1 is 1.32 bits per heavy atom. The molecule has 28 heavy (non-hydrogen) atoms. The second kappa shape index (κ2) is 9.01. The molecule has 1 amide bonds. The number of hydrogen-bond acceptors (Lipinski definition) is 5. The summed E-state index contributed by atoms with van der Waals surface area (Å²) >= 11 is 0. The maximum Gasteiger partial charge on any atom is 0.220 e. The van der Waals surface area contributed by atoms with Crippen molar-refractivity contribution >= 4 is 16.9 Å². The van der Waals surface area contributed by atoms with Crippen LogP contribution in [0.5, 0.6) is 0 Å². The SMILES string of the molecule is O=C(CCCn1cncn1)NCC1CCCN(Cc2cc3ccccc3o2)C1. The molecule has 7 heteroatoms. The highest BCUT2D eigenvalue weighted by Gasteiger charge is 2.21. The van der Waals surface area contributed by atoms with Crippen LogP contribution in [0.3, 0.4) is 0 Å². The van der Waals surface area contributed by atoms with Crippen molar-refractivity contribution in [3.05, 3.63) is 48.7 Å². The Kier molecular flexibility index (Phi) is 6.01. The van der Waals surface area contributed by atoms with Gasteiger partial charge in [-0.15, -0.1) is 0 Å². The van der Waals surface area contributed by atoms with Gasteiger partial charge >= 0.3 is 0 Å². The highest BCUT2D eigenvalue weighted by atomic mass is 16.3. The number of amides is 1. The number of aryl methyl sites for hydroxylation is 1. The molecule has 1 saturated heterocycles. The van der Waals surface area contributed by atoms with Gasteiger partial charge in [-0.3, -0.25) is 14.4 Å². The Morgan fingerprint density at radius 2 is 2.25 bits per heavy atom. The number of nitrogens with one attached hydrogen (secondary N) is 1. The summed E-state index contributed by atoms with van der Waals surface area (Å²) in [7, 11) is 0. The third-order valence-corrected chi connectivity index (χ3v) is 5.30. The van der Waals surface area contributed by atoms with Gasteiger partial charge in [0.1, 0.15) is 24.0 Å². The maximum absolute atomic E-state index is 12.1. The molecular weight excluding hydrogens is 354 g/mol. The van der Waals surface area contributed by atoms with E-state index in [2.05, 4.69) is 32.4 Å². The van der Waals surface area contributed by atoms with Crippen LogP contribution in [0, 0.1) is 5.92 Å². The number of rotatable bonds is 8. The molecule has 1 N–H and O–H groups in total. The highest BCUT2D eigenvalue weighted by Crippen LogP contribution is 2.23. The first-order valence-corrected chi connectivity index (χ1v) is 10.1. The van der Waals surface area contributed by atoms with Gasteiger partial charge in [-0.05, 0) is 43.9 Å². The molecule has 7 nitrogen and oxygen atoms in total. The lowest BCUT2D eigenvalue weighted by Crippen LogP contribution is -2.40. The van der Waals surface area contributed by atoms with Crippen LogP contribution in [0.1, 0.15) is 31.4 Å². The molecule has 3 heterocycles. The van der Waals surface area contributed by atoms with Crippen molar-refractivity contribution in [2.75, 3.05) is 19.6 Å². The topological polar surface area (TPSA) is 76.2 Å². The van der Waals surface area contributed by atoms with E-state index in [0.29, 0.717) is 12.3 Å². The minimum absolute atomic E-state index is 0.120. The van der Waals surface area contributed by atoms with Gasteiger partial charge in [0, 0.05) is 31.4 Å². The molecule has 1 aliphatic heterocycles. The van der Waals surface area contributed by atoms with Gasteiger partial charge in [-0.2, -0.15) is 5.10 Å². The lowest BCUT2D eigenvalue weighted by Gasteiger charge is -2.32. The molecule has 0 bridgehead atoms. The van der Waals surface area contributed by atoms with Crippen LogP contribution in [0.2, 0.25) is 0 Å². The molecule has 1 unspecified atom stereocenters. The molecule has 0 aliphatic carbocycles. The third-order valence-electron chi connectivity index (χ3n) is 5.30. The summed E-state index contributed by atoms with van der Waals surface area (Å²) in [5.74, 6) is 1.63. The minimum Gasteiger partial charge on any atom is -0.460 e. The van der Waals surface area contributed by atoms with E-state index in [-0.39, 0.29) is 5.91 Å². The largest absolute Gasteiger partial charge is 0.460 e. The van der Waals surface area contributed by atoms with Crippen LogP contribution in [-0.2, 0) is 17.9 Å². The van der Waals surface area contributed by atoms with Crippen LogP contribution in [0.4, 0.5) is 0 Å². The molecule has 1 atom stereocenters. The second-order valence-corrected chi connectivity index (χ2v) is 7.56. The quantitative estimate of drug-likeness (QED) is 0.649.